The van der Waals surface area contributed by atoms with Crippen molar-refractivity contribution in [1.82, 2.24) is 0 Å². The van der Waals surface area contributed by atoms with Crippen LogP contribution in [0, 0.1) is 6.92 Å². The highest BCUT2D eigenvalue weighted by Gasteiger charge is 2.24. The van der Waals surface area contributed by atoms with Crippen LogP contribution in [0.25, 0.3) is 11.1 Å². The average molecular weight is 272 g/mol. The number of hydrogen-bond donors (Lipinski definition) is 0. The summed E-state index contributed by atoms with van der Waals surface area (Å²) in [5, 5.41) is 0.758. The van der Waals surface area contributed by atoms with Crippen molar-refractivity contribution in [2.24, 2.45) is 0 Å². The van der Waals surface area contributed by atoms with Gasteiger partial charge >= 0.3 is 0 Å². The number of benzene rings is 2. The lowest BCUT2D eigenvalue weighted by molar-refractivity contribution is 0.282. The van der Waals surface area contributed by atoms with E-state index in [1.165, 1.54) is 11.1 Å². The molecule has 0 aromatic heterocycles. The summed E-state index contributed by atoms with van der Waals surface area (Å²) in [5.41, 5.74) is 4.68. The Morgan fingerprint density at radius 2 is 2.05 bits per heavy atom. The normalized spacial score (nSPS) is 17.1. The molecule has 0 bridgehead atoms. The molecule has 1 aliphatic rings. The quantitative estimate of drug-likeness (QED) is 0.769. The van der Waals surface area contributed by atoms with Gasteiger partial charge in [-0.05, 0) is 36.6 Å². The number of fused-ring (bicyclic) bond motifs is 1. The lowest BCUT2D eigenvalue weighted by atomic mass is 9.96. The van der Waals surface area contributed by atoms with Crippen molar-refractivity contribution < 1.29 is 4.74 Å². The maximum Gasteiger partial charge on any atom is 0.130 e. The van der Waals surface area contributed by atoms with Crippen molar-refractivity contribution in [3.8, 4) is 16.9 Å². The molecule has 1 unspecified atom stereocenters. The van der Waals surface area contributed by atoms with Crippen LogP contribution in [-0.4, -0.2) is 6.10 Å². The van der Waals surface area contributed by atoms with Gasteiger partial charge in [0.05, 0.1) is 0 Å². The topological polar surface area (TPSA) is 9.23 Å². The van der Waals surface area contributed by atoms with Crippen molar-refractivity contribution in [2.75, 3.05) is 0 Å². The molecule has 2 heteroatoms. The van der Waals surface area contributed by atoms with Gasteiger partial charge in [0.25, 0.3) is 0 Å². The molecule has 1 radical (unpaired) electrons. The van der Waals surface area contributed by atoms with Gasteiger partial charge in [-0.25, -0.2) is 0 Å². The fourth-order valence-electron chi connectivity index (χ4n) is 2.58. The summed E-state index contributed by atoms with van der Waals surface area (Å²) in [6, 6.07) is 12.3. The predicted molar refractivity (Wildman–Crippen MR) is 79.7 cm³/mol. The Morgan fingerprint density at radius 1 is 1.26 bits per heavy atom. The van der Waals surface area contributed by atoms with E-state index in [0.717, 1.165) is 34.7 Å². The highest BCUT2D eigenvalue weighted by atomic mass is 35.5. The van der Waals surface area contributed by atoms with Gasteiger partial charge in [-0.3, -0.25) is 0 Å². The van der Waals surface area contributed by atoms with Gasteiger partial charge in [-0.1, -0.05) is 42.8 Å². The molecule has 0 N–H and O–H groups in total. The van der Waals surface area contributed by atoms with Crippen LogP contribution in [0.2, 0.25) is 5.02 Å². The zero-order chi connectivity index (χ0) is 13.4. The molecule has 19 heavy (non-hydrogen) atoms. The zero-order valence-electron chi connectivity index (χ0n) is 10.9. The second-order valence-corrected chi connectivity index (χ2v) is 5.32. The second kappa shape index (κ2) is 4.90. The van der Waals surface area contributed by atoms with E-state index in [-0.39, 0.29) is 6.10 Å². The van der Waals surface area contributed by atoms with Crippen molar-refractivity contribution in [3.05, 3.63) is 59.5 Å². The fraction of sp³-hybridized carbons (Fsp3) is 0.235. The molecule has 0 spiro atoms. The first kappa shape index (κ1) is 12.6. The van der Waals surface area contributed by atoms with Crippen LogP contribution >= 0.6 is 11.6 Å². The van der Waals surface area contributed by atoms with Gasteiger partial charge in [-0.2, -0.15) is 0 Å². The summed E-state index contributed by atoms with van der Waals surface area (Å²) >= 11 is 6.32. The third-order valence-electron chi connectivity index (χ3n) is 3.53. The van der Waals surface area contributed by atoms with Crippen LogP contribution in [0.4, 0.5) is 0 Å². The minimum absolute atomic E-state index is 0.00310. The van der Waals surface area contributed by atoms with Crippen LogP contribution < -0.4 is 4.74 Å². The highest BCUT2D eigenvalue weighted by molar-refractivity contribution is 6.33. The molecule has 0 saturated carbocycles. The van der Waals surface area contributed by atoms with Gasteiger partial charge in [0.1, 0.15) is 11.9 Å². The molecule has 0 aliphatic carbocycles. The lowest BCUT2D eigenvalue weighted by Gasteiger charge is -2.12. The van der Waals surface area contributed by atoms with Crippen molar-refractivity contribution in [3.63, 3.8) is 0 Å². The summed E-state index contributed by atoms with van der Waals surface area (Å²) in [7, 11) is 0. The van der Waals surface area contributed by atoms with E-state index >= 15 is 0 Å². The molecule has 3 rings (SSSR count). The van der Waals surface area contributed by atoms with Gasteiger partial charge in [-0.15, -0.1) is 0 Å². The van der Waals surface area contributed by atoms with Crippen molar-refractivity contribution in [2.45, 2.75) is 25.9 Å². The van der Waals surface area contributed by atoms with E-state index in [0.29, 0.717) is 0 Å². The summed E-state index contributed by atoms with van der Waals surface area (Å²) in [6.07, 6.45) is 1.89. The summed E-state index contributed by atoms with van der Waals surface area (Å²) < 4.78 is 5.88. The van der Waals surface area contributed by atoms with Crippen LogP contribution in [0.3, 0.4) is 0 Å². The zero-order valence-corrected chi connectivity index (χ0v) is 11.7. The number of aryl methyl sites for hydroxylation is 1. The molecule has 0 amide bonds. The smallest absolute Gasteiger partial charge is 0.130 e. The Hall–Kier alpha value is -1.47. The monoisotopic (exact) mass is 271 g/mol. The maximum absolute atomic E-state index is 6.32. The lowest BCUT2D eigenvalue weighted by Crippen LogP contribution is -2.06. The molecule has 2 aromatic carbocycles. The third kappa shape index (κ3) is 2.23. The first-order valence-corrected chi connectivity index (χ1v) is 6.97. The van der Waals surface area contributed by atoms with E-state index in [2.05, 4.69) is 26.0 Å². The van der Waals surface area contributed by atoms with Crippen LogP contribution in [-0.2, 0) is 12.8 Å². The number of halogens is 1. The van der Waals surface area contributed by atoms with Crippen LogP contribution in [0.5, 0.6) is 5.75 Å². The highest BCUT2D eigenvalue weighted by Crippen LogP contribution is 2.42. The number of ether oxygens (including phenoxy) is 1. The van der Waals surface area contributed by atoms with Gasteiger partial charge in [0.15, 0.2) is 0 Å². The van der Waals surface area contributed by atoms with Crippen molar-refractivity contribution >= 4 is 11.6 Å². The molecule has 1 aliphatic heterocycles. The molecule has 1 atom stereocenters. The second-order valence-electron chi connectivity index (χ2n) is 4.91. The van der Waals surface area contributed by atoms with Gasteiger partial charge < -0.3 is 4.74 Å². The molecule has 0 saturated heterocycles. The largest absolute Gasteiger partial charge is 0.489 e. The third-order valence-corrected chi connectivity index (χ3v) is 3.86. The molecule has 2 aromatic rings. The predicted octanol–water partition coefficient (Wildman–Crippen LogP) is 4.71. The minimum Gasteiger partial charge on any atom is -0.489 e. The summed E-state index contributed by atoms with van der Waals surface area (Å²) in [6.45, 7) is 6.17. The van der Waals surface area contributed by atoms with E-state index in [4.69, 9.17) is 16.3 Å². The average Bonchev–Trinajstić information content (AvgIpc) is 2.78. The standard InChI is InChI=1S/C17H16ClO/c1-3-12-9-13-8-11(2)19-17(13)15(10-12)14-6-4-5-7-16(14)18/h4-7,9-11H,2-3,8H2,1H3. The fourth-order valence-corrected chi connectivity index (χ4v) is 2.82. The Balaban J connectivity index is 2.21. The van der Waals surface area contributed by atoms with E-state index in [9.17, 15) is 0 Å². The maximum atomic E-state index is 6.32. The van der Waals surface area contributed by atoms with E-state index in [1.807, 2.05) is 24.3 Å². The molecule has 1 nitrogen and oxygen atoms in total. The number of rotatable bonds is 2. The SMILES string of the molecule is [CH2]C1Cc2cc(CC)cc(-c3ccccc3Cl)c2O1. The Bertz CT molecular complexity index is 619. The summed E-state index contributed by atoms with van der Waals surface area (Å²) in [5.74, 6) is 0.949. The first-order valence-electron chi connectivity index (χ1n) is 6.59. The van der Waals surface area contributed by atoms with Gasteiger partial charge in [0.2, 0.25) is 0 Å². The molecule has 1 heterocycles. The minimum atomic E-state index is 0.00310. The van der Waals surface area contributed by atoms with Gasteiger partial charge in [0, 0.05) is 22.6 Å². The molecule has 0 fully saturated rings. The Morgan fingerprint density at radius 3 is 2.79 bits per heavy atom. The Kier molecular flexibility index (Phi) is 3.24. The molecular formula is C17H16ClO. The summed E-state index contributed by atoms with van der Waals surface area (Å²) in [4.78, 5) is 0. The van der Waals surface area contributed by atoms with E-state index in [1.54, 1.807) is 0 Å². The van der Waals surface area contributed by atoms with Crippen molar-refractivity contribution in [1.29, 1.82) is 0 Å². The van der Waals surface area contributed by atoms with E-state index < -0.39 is 0 Å². The van der Waals surface area contributed by atoms with Crippen LogP contribution in [0.1, 0.15) is 18.1 Å². The molecule has 97 valence electrons. The first-order chi connectivity index (χ1) is 9.19. The molecular weight excluding hydrogens is 256 g/mol. The number of hydrogen-bond acceptors (Lipinski definition) is 1. The Labute approximate surface area is 119 Å². The van der Waals surface area contributed by atoms with Crippen LogP contribution in [0.15, 0.2) is 36.4 Å².